The molecule has 22 heavy (non-hydrogen) atoms. The Morgan fingerprint density at radius 2 is 1.91 bits per heavy atom. The van der Waals surface area contributed by atoms with Gasteiger partial charge in [-0.25, -0.2) is 0 Å². The van der Waals surface area contributed by atoms with Crippen molar-refractivity contribution >= 4 is 11.8 Å². The van der Waals surface area contributed by atoms with E-state index in [1.807, 2.05) is 45.0 Å². The monoisotopic (exact) mass is 307 g/mol. The largest absolute Gasteiger partial charge is 0.387 e. The smallest absolute Gasteiger partial charge is 0.242 e. The summed E-state index contributed by atoms with van der Waals surface area (Å²) in [5.74, 6) is -0.788. The van der Waals surface area contributed by atoms with Gasteiger partial charge in [-0.15, -0.1) is 0 Å². The van der Waals surface area contributed by atoms with Crippen LogP contribution in [0.1, 0.15) is 31.1 Å². The van der Waals surface area contributed by atoms with Gasteiger partial charge in [-0.2, -0.15) is 0 Å². The lowest BCUT2D eigenvalue weighted by molar-refractivity contribution is -0.129. The van der Waals surface area contributed by atoms with Crippen LogP contribution in [0.25, 0.3) is 0 Å². The summed E-state index contributed by atoms with van der Waals surface area (Å²) < 4.78 is 0. The molecule has 0 radical (unpaired) electrons. The number of aliphatic hydroxyl groups is 1. The lowest BCUT2D eigenvalue weighted by Crippen LogP contribution is -2.51. The number of aliphatic hydroxyl groups excluding tert-OH is 1. The number of nitrogens with one attached hydrogen (secondary N) is 2. The molecular weight excluding hydrogens is 282 g/mol. The zero-order valence-electron chi connectivity index (χ0n) is 13.3. The molecule has 0 aromatic heterocycles. The Labute approximate surface area is 131 Å². The number of carbonyl (C=O) groups is 2. The van der Waals surface area contributed by atoms with Gasteiger partial charge in [0, 0.05) is 6.54 Å². The van der Waals surface area contributed by atoms with E-state index in [-0.39, 0.29) is 30.8 Å². The number of hydrogen-bond donors (Lipinski definition) is 4. The molecule has 1 rings (SSSR count). The van der Waals surface area contributed by atoms with Crippen LogP contribution in [0.15, 0.2) is 24.3 Å². The van der Waals surface area contributed by atoms with Crippen molar-refractivity contribution < 1.29 is 14.7 Å². The summed E-state index contributed by atoms with van der Waals surface area (Å²) in [6.07, 6.45) is -0.789. The summed E-state index contributed by atoms with van der Waals surface area (Å²) in [4.78, 5) is 23.5. The summed E-state index contributed by atoms with van der Waals surface area (Å²) in [5.41, 5.74) is 6.98. The minimum absolute atomic E-state index is 0.0777. The fraction of sp³-hybridized carbons (Fsp3) is 0.500. The SMILES string of the molecule is Cc1ccccc1C(O)CNC(=O)[C@H](NC(=O)CN)C(C)C. The number of carbonyl (C=O) groups excluding carboxylic acids is 2. The van der Waals surface area contributed by atoms with Crippen molar-refractivity contribution in [3.8, 4) is 0 Å². The van der Waals surface area contributed by atoms with Gasteiger partial charge < -0.3 is 21.5 Å². The quantitative estimate of drug-likeness (QED) is 0.579. The van der Waals surface area contributed by atoms with Gasteiger partial charge in [0.1, 0.15) is 6.04 Å². The molecule has 0 spiro atoms. The second kappa shape index (κ2) is 8.51. The second-order valence-electron chi connectivity index (χ2n) is 5.61. The number of hydrogen-bond acceptors (Lipinski definition) is 4. The maximum absolute atomic E-state index is 12.2. The molecule has 0 heterocycles. The zero-order valence-corrected chi connectivity index (χ0v) is 13.3. The van der Waals surface area contributed by atoms with Crippen molar-refractivity contribution in [1.82, 2.24) is 10.6 Å². The van der Waals surface area contributed by atoms with Crippen LogP contribution in [0.5, 0.6) is 0 Å². The van der Waals surface area contributed by atoms with Gasteiger partial charge in [0.2, 0.25) is 11.8 Å². The van der Waals surface area contributed by atoms with E-state index in [2.05, 4.69) is 10.6 Å². The molecule has 0 saturated heterocycles. The normalized spacial score (nSPS) is 13.5. The van der Waals surface area contributed by atoms with E-state index in [4.69, 9.17) is 5.73 Å². The maximum Gasteiger partial charge on any atom is 0.242 e. The van der Waals surface area contributed by atoms with Gasteiger partial charge in [0.15, 0.2) is 0 Å². The van der Waals surface area contributed by atoms with E-state index in [0.29, 0.717) is 0 Å². The minimum atomic E-state index is -0.789. The first-order valence-electron chi connectivity index (χ1n) is 7.37. The molecule has 6 nitrogen and oxygen atoms in total. The van der Waals surface area contributed by atoms with Crippen LogP contribution < -0.4 is 16.4 Å². The Morgan fingerprint density at radius 3 is 2.45 bits per heavy atom. The van der Waals surface area contributed by atoms with Crippen LogP contribution >= 0.6 is 0 Å². The second-order valence-corrected chi connectivity index (χ2v) is 5.61. The highest BCUT2D eigenvalue weighted by molar-refractivity contribution is 5.88. The highest BCUT2D eigenvalue weighted by atomic mass is 16.3. The van der Waals surface area contributed by atoms with Crippen LogP contribution in [0.4, 0.5) is 0 Å². The van der Waals surface area contributed by atoms with E-state index >= 15 is 0 Å². The van der Waals surface area contributed by atoms with Crippen LogP contribution in [-0.2, 0) is 9.59 Å². The summed E-state index contributed by atoms with van der Waals surface area (Å²) in [5, 5.41) is 15.4. The Kier molecular flexibility index (Phi) is 7.01. The van der Waals surface area contributed by atoms with E-state index in [1.165, 1.54) is 0 Å². The van der Waals surface area contributed by atoms with Gasteiger partial charge in [-0.3, -0.25) is 9.59 Å². The molecule has 5 N–H and O–H groups in total. The first-order chi connectivity index (χ1) is 10.4. The highest BCUT2D eigenvalue weighted by Gasteiger charge is 2.24. The average molecular weight is 307 g/mol. The number of benzene rings is 1. The zero-order chi connectivity index (χ0) is 16.7. The van der Waals surface area contributed by atoms with Crippen molar-refractivity contribution in [2.45, 2.75) is 32.9 Å². The predicted molar refractivity (Wildman–Crippen MR) is 85.0 cm³/mol. The summed E-state index contributed by atoms with van der Waals surface area (Å²) in [6, 6.07) is 6.79. The van der Waals surface area contributed by atoms with Crippen molar-refractivity contribution in [3.05, 3.63) is 35.4 Å². The molecule has 6 heteroatoms. The van der Waals surface area contributed by atoms with Gasteiger partial charge in [-0.05, 0) is 24.0 Å². The van der Waals surface area contributed by atoms with Gasteiger partial charge >= 0.3 is 0 Å². The van der Waals surface area contributed by atoms with Crippen LogP contribution in [-0.4, -0.2) is 36.1 Å². The first kappa shape index (κ1) is 18.1. The number of amides is 2. The Balaban J connectivity index is 2.63. The molecule has 0 fully saturated rings. The van der Waals surface area contributed by atoms with E-state index in [9.17, 15) is 14.7 Å². The predicted octanol–water partition coefficient (Wildman–Crippen LogP) is 0.244. The molecule has 0 bridgehead atoms. The molecule has 1 aromatic rings. The number of rotatable bonds is 7. The number of nitrogens with two attached hydrogens (primary N) is 1. The van der Waals surface area contributed by atoms with E-state index in [0.717, 1.165) is 11.1 Å². The molecule has 1 aromatic carbocycles. The molecule has 1 unspecified atom stereocenters. The third kappa shape index (κ3) is 5.13. The summed E-state index contributed by atoms with van der Waals surface area (Å²) in [6.45, 7) is 5.49. The lowest BCUT2D eigenvalue weighted by Gasteiger charge is -2.22. The van der Waals surface area contributed by atoms with Gasteiger partial charge in [0.05, 0.1) is 12.6 Å². The summed E-state index contributed by atoms with van der Waals surface area (Å²) in [7, 11) is 0. The molecule has 2 amide bonds. The highest BCUT2D eigenvalue weighted by Crippen LogP contribution is 2.16. The van der Waals surface area contributed by atoms with E-state index < -0.39 is 12.1 Å². The van der Waals surface area contributed by atoms with Crippen LogP contribution in [0.2, 0.25) is 0 Å². The molecule has 0 aliphatic heterocycles. The van der Waals surface area contributed by atoms with Gasteiger partial charge in [0.25, 0.3) is 0 Å². The minimum Gasteiger partial charge on any atom is -0.387 e. The standard InChI is InChI=1S/C16H25N3O3/c1-10(2)15(19-14(21)8-17)16(22)18-9-13(20)12-7-5-4-6-11(12)3/h4-7,10,13,15,20H,8-9,17H2,1-3H3,(H,18,22)(H,19,21)/t13?,15-/m1/s1. The van der Waals surface area contributed by atoms with Crippen molar-refractivity contribution in [3.63, 3.8) is 0 Å². The van der Waals surface area contributed by atoms with E-state index in [1.54, 1.807) is 0 Å². The van der Waals surface area contributed by atoms with Gasteiger partial charge in [-0.1, -0.05) is 38.1 Å². The molecule has 2 atom stereocenters. The Morgan fingerprint density at radius 1 is 1.27 bits per heavy atom. The van der Waals surface area contributed by atoms with Crippen LogP contribution in [0.3, 0.4) is 0 Å². The lowest BCUT2D eigenvalue weighted by atomic mass is 10.0. The molecule has 122 valence electrons. The van der Waals surface area contributed by atoms with Crippen molar-refractivity contribution in [1.29, 1.82) is 0 Å². The van der Waals surface area contributed by atoms with Crippen molar-refractivity contribution in [2.75, 3.05) is 13.1 Å². The molecule has 0 aliphatic rings. The summed E-state index contributed by atoms with van der Waals surface area (Å²) >= 11 is 0. The fourth-order valence-corrected chi connectivity index (χ4v) is 2.15. The molecule has 0 aliphatic carbocycles. The first-order valence-corrected chi connectivity index (χ1v) is 7.37. The molecular formula is C16H25N3O3. The molecule has 0 saturated carbocycles. The van der Waals surface area contributed by atoms with Crippen molar-refractivity contribution in [2.24, 2.45) is 11.7 Å². The number of aryl methyl sites for hydroxylation is 1. The Hall–Kier alpha value is -1.92. The average Bonchev–Trinajstić information content (AvgIpc) is 2.49. The topological polar surface area (TPSA) is 104 Å². The third-order valence-corrected chi connectivity index (χ3v) is 3.47. The fourth-order valence-electron chi connectivity index (χ4n) is 2.15. The third-order valence-electron chi connectivity index (χ3n) is 3.47. The van der Waals surface area contributed by atoms with Crippen LogP contribution in [0, 0.1) is 12.8 Å². The Bertz CT molecular complexity index is 517. The maximum atomic E-state index is 12.2.